The van der Waals surface area contributed by atoms with E-state index >= 15 is 0 Å². The summed E-state index contributed by atoms with van der Waals surface area (Å²) in [5.41, 5.74) is 0.109. The number of rotatable bonds is 3. The monoisotopic (exact) mass is 214 g/mol. The van der Waals surface area contributed by atoms with E-state index in [0.29, 0.717) is 6.29 Å². The molecule has 0 fully saturated rings. The number of carbonyl (C=O) groups excluding carboxylic acids is 1. The smallest absolute Gasteiger partial charge is 0.154 e. The summed E-state index contributed by atoms with van der Waals surface area (Å²) >= 11 is 0. The largest absolute Gasteiger partial charge is 0.356 e. The number of methoxy groups -OCH3 is 2. The van der Waals surface area contributed by atoms with Gasteiger partial charge >= 0.3 is 0 Å². The van der Waals surface area contributed by atoms with E-state index in [4.69, 9.17) is 0 Å². The maximum Gasteiger partial charge on any atom is 0.154 e. The zero-order valence-corrected chi connectivity index (χ0v) is 9.07. The van der Waals surface area contributed by atoms with E-state index in [1.807, 2.05) is 6.92 Å². The summed E-state index contributed by atoms with van der Waals surface area (Å²) in [6.45, 7) is 1.83. The Hall–Kier alpha value is -1.26. The molecule has 0 aliphatic rings. The van der Waals surface area contributed by atoms with Gasteiger partial charge in [0.05, 0.1) is 5.56 Å². The summed E-state index contributed by atoms with van der Waals surface area (Å²) < 4.78 is 21.7. The molecule has 0 bridgehead atoms. The fraction of sp³-hybridized carbons (Fsp3) is 0.364. The molecule has 3 nitrogen and oxygen atoms in total. The highest BCUT2D eigenvalue weighted by atomic mass is 19.1. The van der Waals surface area contributed by atoms with E-state index < -0.39 is 5.82 Å². The minimum Gasteiger partial charge on any atom is -0.356 e. The molecule has 0 aliphatic heterocycles. The van der Waals surface area contributed by atoms with Crippen molar-refractivity contribution in [3.63, 3.8) is 0 Å². The topological polar surface area (TPSA) is 35.5 Å². The molecule has 0 heterocycles. The molecule has 4 heteroatoms. The first-order valence-electron chi connectivity index (χ1n) is 4.41. The molecule has 1 aromatic rings. The Balaban J connectivity index is 0.000000288. The van der Waals surface area contributed by atoms with Crippen LogP contribution < -0.4 is 0 Å². The Morgan fingerprint density at radius 1 is 1.27 bits per heavy atom. The normalized spacial score (nSPS) is 9.40. The molecule has 0 unspecified atom stereocenters. The zero-order valence-electron chi connectivity index (χ0n) is 9.07. The van der Waals surface area contributed by atoms with Crippen LogP contribution in [0.1, 0.15) is 17.3 Å². The second-order valence-electron chi connectivity index (χ2n) is 2.68. The van der Waals surface area contributed by atoms with E-state index in [9.17, 15) is 9.18 Å². The molecule has 84 valence electrons. The standard InChI is InChI=1S/C7H5FO.C4H10O2/c8-7-4-2-1-3-6(7)5-9;1-4(5-2)6-3/h1-5H;4H,1-3H3. The fourth-order valence-corrected chi connectivity index (χ4v) is 0.667. The first-order valence-corrected chi connectivity index (χ1v) is 4.41. The predicted octanol–water partition coefficient (Wildman–Crippen LogP) is 2.26. The molecular weight excluding hydrogens is 199 g/mol. The van der Waals surface area contributed by atoms with Crippen molar-refractivity contribution in [2.45, 2.75) is 13.2 Å². The van der Waals surface area contributed by atoms with Crippen molar-refractivity contribution in [1.29, 1.82) is 0 Å². The van der Waals surface area contributed by atoms with Gasteiger partial charge in [-0.1, -0.05) is 12.1 Å². The number of hydrogen-bond donors (Lipinski definition) is 0. The van der Waals surface area contributed by atoms with Crippen molar-refractivity contribution in [2.75, 3.05) is 14.2 Å². The minimum atomic E-state index is -0.465. The number of ether oxygens (including phenoxy) is 2. The molecule has 0 aromatic heterocycles. The molecule has 15 heavy (non-hydrogen) atoms. The Kier molecular flexibility index (Phi) is 7.40. The van der Waals surface area contributed by atoms with E-state index in [1.54, 1.807) is 26.4 Å². The summed E-state index contributed by atoms with van der Waals surface area (Å²) in [6, 6.07) is 5.85. The van der Waals surface area contributed by atoms with Crippen molar-refractivity contribution in [3.05, 3.63) is 35.6 Å². The van der Waals surface area contributed by atoms with Crippen LogP contribution in [0.25, 0.3) is 0 Å². The van der Waals surface area contributed by atoms with Crippen LogP contribution in [0.2, 0.25) is 0 Å². The quantitative estimate of drug-likeness (QED) is 0.572. The Morgan fingerprint density at radius 3 is 2.07 bits per heavy atom. The van der Waals surface area contributed by atoms with Crippen molar-refractivity contribution in [1.82, 2.24) is 0 Å². The Morgan fingerprint density at radius 2 is 1.80 bits per heavy atom. The summed E-state index contributed by atoms with van der Waals surface area (Å²) in [4.78, 5) is 9.99. The van der Waals surface area contributed by atoms with Gasteiger partial charge in [-0.2, -0.15) is 0 Å². The molecule has 0 N–H and O–H groups in total. The van der Waals surface area contributed by atoms with Crippen LogP contribution in [0.4, 0.5) is 4.39 Å². The van der Waals surface area contributed by atoms with E-state index in [1.165, 1.54) is 12.1 Å². The summed E-state index contributed by atoms with van der Waals surface area (Å²) in [5.74, 6) is -0.465. The zero-order chi connectivity index (χ0) is 11.7. The third-order valence-electron chi connectivity index (χ3n) is 1.70. The predicted molar refractivity (Wildman–Crippen MR) is 55.3 cm³/mol. The average Bonchev–Trinajstić information content (AvgIpc) is 2.29. The first-order chi connectivity index (χ1) is 7.15. The van der Waals surface area contributed by atoms with Crippen LogP contribution >= 0.6 is 0 Å². The van der Waals surface area contributed by atoms with Crippen LogP contribution in [0.3, 0.4) is 0 Å². The molecular formula is C11H15FO3. The lowest BCUT2D eigenvalue weighted by molar-refractivity contribution is -0.0877. The van der Waals surface area contributed by atoms with Gasteiger partial charge in [0.25, 0.3) is 0 Å². The van der Waals surface area contributed by atoms with Gasteiger partial charge in [0.15, 0.2) is 12.6 Å². The van der Waals surface area contributed by atoms with Crippen molar-refractivity contribution < 1.29 is 18.7 Å². The number of benzene rings is 1. The number of halogens is 1. The lowest BCUT2D eigenvalue weighted by atomic mass is 10.2. The fourth-order valence-electron chi connectivity index (χ4n) is 0.667. The van der Waals surface area contributed by atoms with E-state index in [2.05, 4.69) is 9.47 Å². The van der Waals surface area contributed by atoms with Crippen LogP contribution in [-0.4, -0.2) is 26.8 Å². The number of hydrogen-bond acceptors (Lipinski definition) is 3. The third kappa shape index (κ3) is 5.93. The second kappa shape index (κ2) is 8.08. The van der Waals surface area contributed by atoms with Gasteiger partial charge in [-0.25, -0.2) is 4.39 Å². The molecule has 1 aromatic carbocycles. The molecule has 1 rings (SSSR count). The van der Waals surface area contributed by atoms with Gasteiger partial charge in [0.2, 0.25) is 0 Å². The van der Waals surface area contributed by atoms with Crippen LogP contribution in [0.5, 0.6) is 0 Å². The Labute approximate surface area is 88.8 Å². The van der Waals surface area contributed by atoms with Gasteiger partial charge in [0.1, 0.15) is 5.82 Å². The average molecular weight is 214 g/mol. The van der Waals surface area contributed by atoms with Gasteiger partial charge < -0.3 is 9.47 Å². The number of carbonyl (C=O) groups is 1. The lowest BCUT2D eigenvalue weighted by Crippen LogP contribution is -2.05. The van der Waals surface area contributed by atoms with Crippen LogP contribution in [0.15, 0.2) is 24.3 Å². The van der Waals surface area contributed by atoms with Crippen LogP contribution in [0, 0.1) is 5.82 Å². The SMILES string of the molecule is COC(C)OC.O=Cc1ccccc1F. The van der Waals surface area contributed by atoms with E-state index in [0.717, 1.165) is 0 Å². The first kappa shape index (κ1) is 13.7. The number of aldehydes is 1. The maximum absolute atomic E-state index is 12.4. The van der Waals surface area contributed by atoms with Gasteiger partial charge in [-0.3, -0.25) is 4.79 Å². The molecule has 0 saturated carbocycles. The molecule has 0 spiro atoms. The van der Waals surface area contributed by atoms with Crippen molar-refractivity contribution >= 4 is 6.29 Å². The maximum atomic E-state index is 12.4. The molecule has 0 saturated heterocycles. The minimum absolute atomic E-state index is 0.0648. The summed E-state index contributed by atoms with van der Waals surface area (Å²) in [7, 11) is 3.21. The van der Waals surface area contributed by atoms with E-state index in [-0.39, 0.29) is 11.9 Å². The third-order valence-corrected chi connectivity index (χ3v) is 1.70. The van der Waals surface area contributed by atoms with Gasteiger partial charge in [-0.15, -0.1) is 0 Å². The van der Waals surface area contributed by atoms with Crippen LogP contribution in [-0.2, 0) is 9.47 Å². The summed E-state index contributed by atoms with van der Waals surface area (Å²) in [6.07, 6.45) is 0.431. The Bertz CT molecular complexity index is 285. The molecule has 0 amide bonds. The lowest BCUT2D eigenvalue weighted by Gasteiger charge is -2.03. The highest BCUT2D eigenvalue weighted by Gasteiger charge is 1.94. The molecule has 0 radical (unpaired) electrons. The van der Waals surface area contributed by atoms with Gasteiger partial charge in [-0.05, 0) is 19.1 Å². The highest BCUT2D eigenvalue weighted by Crippen LogP contribution is 2.01. The molecule has 0 aliphatic carbocycles. The highest BCUT2D eigenvalue weighted by molar-refractivity contribution is 5.74. The summed E-state index contributed by atoms with van der Waals surface area (Å²) in [5, 5.41) is 0. The van der Waals surface area contributed by atoms with Crippen molar-refractivity contribution in [2.24, 2.45) is 0 Å². The second-order valence-corrected chi connectivity index (χ2v) is 2.68. The molecule has 0 atom stereocenters. The van der Waals surface area contributed by atoms with Gasteiger partial charge in [0, 0.05) is 14.2 Å². The van der Waals surface area contributed by atoms with Crippen molar-refractivity contribution in [3.8, 4) is 0 Å².